The first kappa shape index (κ1) is 39.1. The quantitative estimate of drug-likeness (QED) is 0.140. The van der Waals surface area contributed by atoms with Gasteiger partial charge in [0.15, 0.2) is 0 Å². The summed E-state index contributed by atoms with van der Waals surface area (Å²) >= 11 is 0. The highest BCUT2D eigenvalue weighted by molar-refractivity contribution is 5.94. The summed E-state index contributed by atoms with van der Waals surface area (Å²) in [6.07, 6.45) is -3.50. The van der Waals surface area contributed by atoms with Gasteiger partial charge in [-0.05, 0) is 66.9 Å². The zero-order valence-corrected chi connectivity index (χ0v) is 27.9. The normalized spacial score (nSPS) is 17.9. The number of phenols is 2. The number of rotatable bonds is 10. The van der Waals surface area contributed by atoms with Crippen molar-refractivity contribution in [2.75, 3.05) is 25.5 Å². The number of quaternary nitrogens is 1. The van der Waals surface area contributed by atoms with Crippen LogP contribution in [0.1, 0.15) is 37.8 Å². The Bertz CT molecular complexity index is 1630. The van der Waals surface area contributed by atoms with Crippen LogP contribution >= 0.6 is 0 Å². The monoisotopic (exact) mass is 702 g/mol. The van der Waals surface area contributed by atoms with Crippen LogP contribution in [0.2, 0.25) is 0 Å². The van der Waals surface area contributed by atoms with Crippen LogP contribution in [0.25, 0.3) is 0 Å². The molecule has 3 atom stereocenters. The Hall–Kier alpha value is -5.31. The Morgan fingerprint density at radius 2 is 1.62 bits per heavy atom. The van der Waals surface area contributed by atoms with E-state index in [-0.39, 0.29) is 35.8 Å². The molecule has 0 spiro atoms. The molecule has 0 radical (unpaired) electrons. The highest BCUT2D eigenvalue weighted by Gasteiger charge is 2.41. The zero-order valence-electron chi connectivity index (χ0n) is 27.9. The molecule has 3 aromatic carbocycles. The van der Waals surface area contributed by atoms with Gasteiger partial charge in [0, 0.05) is 17.7 Å². The molecular weight excluding hydrogens is 661 g/mol. The number of hydrogen-bond donors (Lipinski definition) is 4. The Kier molecular flexibility index (Phi) is 13.2. The number of likely N-dealkylation sites (N-methyl/N-ethyl adjacent to an activating group) is 1. The average Bonchev–Trinajstić information content (AvgIpc) is 3.02. The molecule has 5 N–H and O–H groups in total. The predicted molar refractivity (Wildman–Crippen MR) is 174 cm³/mol. The number of likely N-dealkylation sites (tertiary alicyclic amines) is 1. The maximum atomic E-state index is 14.0. The van der Waals surface area contributed by atoms with Gasteiger partial charge in [-0.25, -0.2) is 4.79 Å². The van der Waals surface area contributed by atoms with Crippen LogP contribution in [0.5, 0.6) is 17.2 Å². The summed E-state index contributed by atoms with van der Waals surface area (Å²) in [4.78, 5) is 49.3. The van der Waals surface area contributed by atoms with E-state index in [9.17, 15) is 37.8 Å². The van der Waals surface area contributed by atoms with Crippen molar-refractivity contribution in [3.8, 4) is 17.2 Å². The second kappa shape index (κ2) is 16.9. The third kappa shape index (κ3) is 11.7. The van der Waals surface area contributed by atoms with Crippen LogP contribution in [0, 0.1) is 5.92 Å². The van der Waals surface area contributed by atoms with Crippen LogP contribution in [0.3, 0.4) is 0 Å². The topological polar surface area (TPSA) is 182 Å². The van der Waals surface area contributed by atoms with Crippen molar-refractivity contribution in [3.05, 3.63) is 83.9 Å². The molecule has 1 aliphatic rings. The van der Waals surface area contributed by atoms with Gasteiger partial charge < -0.3 is 45.3 Å². The number of carboxylic acids is 1. The fraction of sp³-hybridized carbons (Fsp3) is 0.371. The first-order chi connectivity index (χ1) is 23.4. The van der Waals surface area contributed by atoms with E-state index in [0.717, 1.165) is 24.1 Å². The van der Waals surface area contributed by atoms with E-state index in [1.165, 1.54) is 12.1 Å². The van der Waals surface area contributed by atoms with Gasteiger partial charge in [-0.2, -0.15) is 13.2 Å². The van der Waals surface area contributed by atoms with Gasteiger partial charge in [0.1, 0.15) is 35.8 Å². The molecule has 3 amide bonds. The fourth-order valence-electron chi connectivity index (χ4n) is 5.65. The lowest BCUT2D eigenvalue weighted by Crippen LogP contribution is -2.62. The number of esters is 1. The summed E-state index contributed by atoms with van der Waals surface area (Å²) in [5, 5.41) is 31.4. The molecule has 1 saturated heterocycles. The number of ether oxygens (including phenoxy) is 1. The molecule has 0 saturated carbocycles. The third-order valence-electron chi connectivity index (χ3n) is 8.05. The number of amides is 3. The molecule has 1 unspecified atom stereocenters. The zero-order chi connectivity index (χ0) is 37.2. The van der Waals surface area contributed by atoms with Gasteiger partial charge in [0.25, 0.3) is 0 Å². The third-order valence-corrected chi connectivity index (χ3v) is 8.05. The number of primary amides is 1. The fourth-order valence-corrected chi connectivity index (χ4v) is 5.65. The predicted octanol–water partition coefficient (Wildman–Crippen LogP) is 3.70. The standard InChI is InChI=1S/C33H40N4O6.C2HF3O2/c1-22(2)32(41)43-29-15-11-25(12-16-29)35-33(42)36(30(31(34)40)19-23-9-13-27(38)14-10-23)26-7-5-17-37(3,21-26)20-24-6-4-8-28(39)18-24;3-2(4,5)1(6)7/h4,6,8-16,18,22,26,30H,5,7,17,19-21H2,1-3H3,(H4-,34,35,38,39,40,42);(H,6,7)/t26-,30-,37?;/m0./s1. The molecule has 4 rings (SSSR count). The number of anilines is 1. The van der Waals surface area contributed by atoms with Crippen molar-refractivity contribution in [2.45, 2.75) is 57.9 Å². The molecule has 0 aromatic heterocycles. The van der Waals surface area contributed by atoms with Gasteiger partial charge in [-0.15, -0.1) is 0 Å². The number of carbonyl (C=O) groups is 4. The summed E-state index contributed by atoms with van der Waals surface area (Å²) in [6, 6.07) is 18.4. The summed E-state index contributed by atoms with van der Waals surface area (Å²) in [5.74, 6) is -3.61. The second-order valence-electron chi connectivity index (χ2n) is 12.7. The number of aliphatic carboxylic acids is 1. The maximum Gasteiger partial charge on any atom is 0.430 e. The summed E-state index contributed by atoms with van der Waals surface area (Å²) in [6.45, 7) is 5.59. The van der Waals surface area contributed by atoms with Crippen LogP contribution in [0.4, 0.5) is 23.7 Å². The molecule has 3 aromatic rings. The minimum Gasteiger partial charge on any atom is -0.542 e. The van der Waals surface area contributed by atoms with E-state index in [1.54, 1.807) is 67.3 Å². The molecule has 1 heterocycles. The largest absolute Gasteiger partial charge is 0.542 e. The number of phenolic OH excluding ortho intramolecular Hbond substituents is 2. The SMILES string of the molecule is CC(C)C(=O)Oc1ccc(NC(=O)N([C@H]2CCC[N+](C)(Cc3cccc(O)c3)C2)[C@@H](Cc2ccc(O)cc2)C(N)=O)cc1.O=C([O-])C(F)(F)F. The number of carboxylic acid groups (broad SMARTS) is 1. The first-order valence-electron chi connectivity index (χ1n) is 15.7. The molecule has 50 heavy (non-hydrogen) atoms. The summed E-state index contributed by atoms with van der Waals surface area (Å²) in [5.41, 5.74) is 8.17. The average molecular weight is 703 g/mol. The molecule has 1 aliphatic heterocycles. The highest BCUT2D eigenvalue weighted by Crippen LogP contribution is 2.28. The molecule has 270 valence electrons. The number of nitrogens with two attached hydrogens (primary N) is 1. The van der Waals surface area contributed by atoms with E-state index in [0.29, 0.717) is 35.4 Å². The van der Waals surface area contributed by atoms with Gasteiger partial charge >= 0.3 is 18.2 Å². The van der Waals surface area contributed by atoms with E-state index in [2.05, 4.69) is 12.4 Å². The number of hydrogen-bond acceptors (Lipinski definition) is 8. The van der Waals surface area contributed by atoms with E-state index in [1.807, 2.05) is 12.1 Å². The highest BCUT2D eigenvalue weighted by atomic mass is 19.4. The number of carbonyl (C=O) groups excluding carboxylic acids is 4. The summed E-state index contributed by atoms with van der Waals surface area (Å²) in [7, 11) is 2.11. The smallest absolute Gasteiger partial charge is 0.430 e. The Labute approximate surface area is 287 Å². The summed E-state index contributed by atoms with van der Waals surface area (Å²) < 4.78 is 37.5. The van der Waals surface area contributed by atoms with Gasteiger partial charge in [-0.3, -0.25) is 9.59 Å². The van der Waals surface area contributed by atoms with E-state index < -0.39 is 30.1 Å². The van der Waals surface area contributed by atoms with Crippen molar-refractivity contribution in [3.63, 3.8) is 0 Å². The molecule has 0 bridgehead atoms. The number of benzene rings is 3. The van der Waals surface area contributed by atoms with Crippen molar-refractivity contribution in [1.29, 1.82) is 0 Å². The van der Waals surface area contributed by atoms with E-state index >= 15 is 0 Å². The molecule has 1 fully saturated rings. The van der Waals surface area contributed by atoms with Crippen LogP contribution < -0.4 is 20.9 Å². The van der Waals surface area contributed by atoms with Crippen LogP contribution in [-0.2, 0) is 27.3 Å². The minimum atomic E-state index is -5.19. The van der Waals surface area contributed by atoms with E-state index in [4.69, 9.17) is 20.4 Å². The first-order valence-corrected chi connectivity index (χ1v) is 15.7. The van der Waals surface area contributed by atoms with Crippen LogP contribution in [-0.4, -0.2) is 81.9 Å². The number of halogens is 3. The number of piperidine rings is 1. The second-order valence-corrected chi connectivity index (χ2v) is 12.7. The van der Waals surface area contributed by atoms with Gasteiger partial charge in [0.05, 0.1) is 32.1 Å². The number of aromatic hydroxyl groups is 2. The van der Waals surface area contributed by atoms with Gasteiger partial charge in [0.2, 0.25) is 5.91 Å². The Morgan fingerprint density at radius 3 is 2.16 bits per heavy atom. The van der Waals surface area contributed by atoms with Crippen LogP contribution in [0.15, 0.2) is 72.8 Å². The maximum absolute atomic E-state index is 14.0. The number of nitrogens with one attached hydrogen (secondary N) is 1. The molecule has 15 heteroatoms. The lowest BCUT2D eigenvalue weighted by atomic mass is 9.96. The van der Waals surface area contributed by atoms with Gasteiger partial charge in [-0.1, -0.05) is 38.1 Å². The van der Waals surface area contributed by atoms with Crippen molar-refractivity contribution >= 4 is 29.6 Å². The van der Waals surface area contributed by atoms with Crippen molar-refractivity contribution in [2.24, 2.45) is 11.7 Å². The number of alkyl halides is 3. The molecular formula is C35H41F3N4O8. The van der Waals surface area contributed by atoms with Crippen molar-refractivity contribution < 1.29 is 56.9 Å². The molecule has 12 nitrogen and oxygen atoms in total. The van der Waals surface area contributed by atoms with Crippen molar-refractivity contribution in [1.82, 2.24) is 4.90 Å². The number of urea groups is 1. The Balaban J connectivity index is 0.000000872. The lowest BCUT2D eigenvalue weighted by molar-refractivity contribution is -0.928. The number of nitrogens with zero attached hydrogens (tertiary/aromatic N) is 2. The lowest BCUT2D eigenvalue weighted by Gasteiger charge is -2.46. The Morgan fingerprint density at radius 1 is 1.00 bits per heavy atom. The minimum absolute atomic E-state index is 0.101. The molecule has 0 aliphatic carbocycles.